The molecule has 0 saturated heterocycles. The van der Waals surface area contributed by atoms with Gasteiger partial charge in [0, 0.05) is 5.33 Å². The number of halogens is 3. The van der Waals surface area contributed by atoms with Gasteiger partial charge in [0.15, 0.2) is 0 Å². The highest BCUT2D eigenvalue weighted by molar-refractivity contribution is 9.08. The molecule has 15 heavy (non-hydrogen) atoms. The van der Waals surface area contributed by atoms with Crippen molar-refractivity contribution in [3.8, 4) is 5.75 Å². The fraction of sp³-hybridized carbons (Fsp3) is 0.250. The van der Waals surface area contributed by atoms with Gasteiger partial charge in [-0.3, -0.25) is 4.98 Å². The Hall–Kier alpha value is -1.24. The first-order valence-corrected chi connectivity index (χ1v) is 4.89. The number of aromatic carboxylic acids is 1. The van der Waals surface area contributed by atoms with E-state index in [1.165, 1.54) is 0 Å². The zero-order valence-corrected chi connectivity index (χ0v) is 8.83. The molecule has 1 rings (SSSR count). The maximum atomic E-state index is 12.6. The Morgan fingerprint density at radius 2 is 2.20 bits per heavy atom. The summed E-state index contributed by atoms with van der Waals surface area (Å²) in [5.41, 5.74) is -1.64. The third kappa shape index (κ3) is 2.23. The predicted molar refractivity (Wildman–Crippen MR) is 50.4 cm³/mol. The van der Waals surface area contributed by atoms with E-state index >= 15 is 0 Å². The smallest absolute Gasteiger partial charge is 0.340 e. The minimum absolute atomic E-state index is 0.00671. The minimum atomic E-state index is -3.00. The Kier molecular flexibility index (Phi) is 3.57. The van der Waals surface area contributed by atoms with Crippen molar-refractivity contribution in [2.45, 2.75) is 11.8 Å². The summed E-state index contributed by atoms with van der Waals surface area (Å²) in [5, 5.41) is 17.8. The highest BCUT2D eigenvalue weighted by Gasteiger charge is 2.25. The molecule has 2 N–H and O–H groups in total. The van der Waals surface area contributed by atoms with Crippen LogP contribution in [0.2, 0.25) is 0 Å². The normalized spacial score (nSPS) is 10.7. The Morgan fingerprint density at radius 3 is 2.60 bits per heavy atom. The Bertz CT molecular complexity index is 398. The van der Waals surface area contributed by atoms with Crippen molar-refractivity contribution in [1.29, 1.82) is 0 Å². The van der Waals surface area contributed by atoms with E-state index < -0.39 is 29.3 Å². The molecule has 0 unspecified atom stereocenters. The second-order valence-corrected chi connectivity index (χ2v) is 3.18. The number of rotatable bonds is 3. The average molecular weight is 282 g/mol. The Morgan fingerprint density at radius 1 is 1.60 bits per heavy atom. The van der Waals surface area contributed by atoms with Crippen molar-refractivity contribution in [1.82, 2.24) is 4.98 Å². The van der Waals surface area contributed by atoms with Crippen molar-refractivity contribution < 1.29 is 23.8 Å². The SMILES string of the molecule is O=C(O)c1c(O)cnc(CBr)c1C(F)F. The number of carboxylic acids is 1. The van der Waals surface area contributed by atoms with Crippen LogP contribution in [0.4, 0.5) is 8.78 Å². The van der Waals surface area contributed by atoms with E-state index in [0.717, 1.165) is 6.20 Å². The molecule has 0 aliphatic heterocycles. The number of aromatic nitrogens is 1. The first kappa shape index (κ1) is 11.8. The van der Waals surface area contributed by atoms with Gasteiger partial charge < -0.3 is 10.2 Å². The van der Waals surface area contributed by atoms with E-state index in [0.29, 0.717) is 0 Å². The molecule has 0 radical (unpaired) electrons. The second-order valence-electron chi connectivity index (χ2n) is 2.62. The zero-order chi connectivity index (χ0) is 11.6. The van der Waals surface area contributed by atoms with Crippen molar-refractivity contribution >= 4 is 21.9 Å². The first-order valence-electron chi connectivity index (χ1n) is 3.77. The van der Waals surface area contributed by atoms with Crippen molar-refractivity contribution in [3.63, 3.8) is 0 Å². The monoisotopic (exact) mass is 281 g/mol. The molecule has 4 nitrogen and oxygen atoms in total. The summed E-state index contributed by atoms with van der Waals surface area (Å²) in [7, 11) is 0. The summed E-state index contributed by atoms with van der Waals surface area (Å²) in [4.78, 5) is 14.2. The van der Waals surface area contributed by atoms with Gasteiger partial charge in [-0.1, -0.05) is 15.9 Å². The van der Waals surface area contributed by atoms with Crippen LogP contribution in [-0.2, 0) is 5.33 Å². The van der Waals surface area contributed by atoms with Crippen molar-refractivity contribution in [3.05, 3.63) is 23.0 Å². The van der Waals surface area contributed by atoms with Crippen LogP contribution < -0.4 is 0 Å². The van der Waals surface area contributed by atoms with Crippen LogP contribution in [0.25, 0.3) is 0 Å². The quantitative estimate of drug-likeness (QED) is 0.835. The lowest BCUT2D eigenvalue weighted by atomic mass is 10.1. The molecular formula is C8H6BrF2NO3. The molecule has 1 aromatic heterocycles. The minimum Gasteiger partial charge on any atom is -0.505 e. The number of hydrogen-bond acceptors (Lipinski definition) is 3. The number of carbonyl (C=O) groups is 1. The Labute approximate surface area is 91.7 Å². The lowest BCUT2D eigenvalue weighted by Crippen LogP contribution is -2.08. The van der Waals surface area contributed by atoms with Crippen molar-refractivity contribution in [2.75, 3.05) is 0 Å². The van der Waals surface area contributed by atoms with Crippen LogP contribution in [0.15, 0.2) is 6.20 Å². The topological polar surface area (TPSA) is 70.4 Å². The lowest BCUT2D eigenvalue weighted by molar-refractivity contribution is 0.0680. The van der Waals surface area contributed by atoms with Gasteiger partial charge in [-0.2, -0.15) is 0 Å². The first-order chi connectivity index (χ1) is 6.99. The number of hydrogen-bond donors (Lipinski definition) is 2. The second kappa shape index (κ2) is 4.52. The van der Waals surface area contributed by atoms with Crippen LogP contribution in [0.5, 0.6) is 5.75 Å². The fourth-order valence-corrected chi connectivity index (χ4v) is 1.57. The summed E-state index contributed by atoms with van der Waals surface area (Å²) >= 11 is 2.91. The maximum absolute atomic E-state index is 12.6. The number of alkyl halides is 3. The average Bonchev–Trinajstić information content (AvgIpc) is 2.16. The molecule has 7 heteroatoms. The van der Waals surface area contributed by atoms with Crippen LogP contribution in [-0.4, -0.2) is 21.2 Å². The number of aromatic hydroxyl groups is 1. The van der Waals surface area contributed by atoms with Crippen LogP contribution in [0, 0.1) is 0 Å². The molecule has 0 aliphatic rings. The molecule has 0 fully saturated rings. The van der Waals surface area contributed by atoms with Crippen molar-refractivity contribution in [2.24, 2.45) is 0 Å². The largest absolute Gasteiger partial charge is 0.505 e. The number of carboxylic acid groups (broad SMARTS) is 1. The molecule has 0 bridgehead atoms. The molecule has 0 atom stereocenters. The number of nitrogens with zero attached hydrogens (tertiary/aromatic N) is 1. The van der Waals surface area contributed by atoms with Gasteiger partial charge in [0.25, 0.3) is 6.43 Å². The molecule has 1 aromatic rings. The summed E-state index contributed by atoms with van der Waals surface area (Å²) in [6, 6.07) is 0. The molecule has 0 saturated carbocycles. The van der Waals surface area contributed by atoms with E-state index in [4.69, 9.17) is 10.2 Å². The molecule has 0 aliphatic carbocycles. The zero-order valence-electron chi connectivity index (χ0n) is 7.25. The number of pyridine rings is 1. The summed E-state index contributed by atoms with van der Waals surface area (Å²) in [5.74, 6) is -2.37. The third-order valence-corrected chi connectivity index (χ3v) is 2.27. The molecule has 0 amide bonds. The van der Waals surface area contributed by atoms with Gasteiger partial charge in [0.1, 0.15) is 11.3 Å². The van der Waals surface area contributed by atoms with Gasteiger partial charge in [-0.05, 0) is 0 Å². The van der Waals surface area contributed by atoms with Gasteiger partial charge in [0.05, 0.1) is 17.5 Å². The summed E-state index contributed by atoms with van der Waals surface area (Å²) in [6.45, 7) is 0. The maximum Gasteiger partial charge on any atom is 0.340 e. The van der Waals surface area contributed by atoms with Gasteiger partial charge in [-0.25, -0.2) is 13.6 Å². The van der Waals surface area contributed by atoms with E-state index in [-0.39, 0.29) is 11.0 Å². The van der Waals surface area contributed by atoms with E-state index in [9.17, 15) is 13.6 Å². The van der Waals surface area contributed by atoms with E-state index in [2.05, 4.69) is 20.9 Å². The fourth-order valence-electron chi connectivity index (χ4n) is 1.12. The lowest BCUT2D eigenvalue weighted by Gasteiger charge is -2.10. The highest BCUT2D eigenvalue weighted by Crippen LogP contribution is 2.31. The van der Waals surface area contributed by atoms with Gasteiger partial charge >= 0.3 is 5.97 Å². The summed E-state index contributed by atoms with van der Waals surface area (Å²) in [6.07, 6.45) is -2.16. The van der Waals surface area contributed by atoms with Crippen LogP contribution >= 0.6 is 15.9 Å². The summed E-state index contributed by atoms with van der Waals surface area (Å²) < 4.78 is 25.2. The van der Waals surface area contributed by atoms with Crippen LogP contribution in [0.3, 0.4) is 0 Å². The molecule has 1 heterocycles. The van der Waals surface area contributed by atoms with Gasteiger partial charge in [-0.15, -0.1) is 0 Å². The predicted octanol–water partition coefficient (Wildman–Crippen LogP) is 2.32. The van der Waals surface area contributed by atoms with E-state index in [1.807, 2.05) is 0 Å². The molecular weight excluding hydrogens is 276 g/mol. The van der Waals surface area contributed by atoms with Crippen LogP contribution in [0.1, 0.15) is 28.0 Å². The van der Waals surface area contributed by atoms with Gasteiger partial charge in [0.2, 0.25) is 0 Å². The molecule has 0 spiro atoms. The molecule has 0 aromatic carbocycles. The Balaban J connectivity index is 3.51. The standard InChI is InChI=1S/C8H6BrF2NO3/c9-1-3-5(7(10)11)6(8(14)15)4(13)2-12-3/h2,7,13H,1H2,(H,14,15). The third-order valence-electron chi connectivity index (χ3n) is 1.74. The highest BCUT2D eigenvalue weighted by atomic mass is 79.9. The van der Waals surface area contributed by atoms with E-state index in [1.54, 1.807) is 0 Å². The molecule has 82 valence electrons.